The summed E-state index contributed by atoms with van der Waals surface area (Å²) in [4.78, 5) is 5.83. The first kappa shape index (κ1) is 14.5. The molecular weight excluding hydrogens is 288 g/mol. The van der Waals surface area contributed by atoms with Crippen LogP contribution in [0.25, 0.3) is 10.9 Å². The molecule has 120 valence electrons. The number of nitrogens with one attached hydrogen (secondary N) is 1. The molecular formula is C18H22N4O. The second-order valence-electron chi connectivity index (χ2n) is 6.48. The third-order valence-corrected chi connectivity index (χ3v) is 5.04. The van der Waals surface area contributed by atoms with E-state index in [2.05, 4.69) is 51.3 Å². The van der Waals surface area contributed by atoms with E-state index in [1.54, 1.807) is 0 Å². The maximum atomic E-state index is 5.70. The smallest absolute Gasteiger partial charge is 0.221 e. The molecule has 0 amide bonds. The predicted octanol–water partition coefficient (Wildman–Crippen LogP) is 3.63. The molecule has 0 bridgehead atoms. The number of nitrogens with zero attached hydrogens (tertiary/aromatic N) is 3. The molecule has 23 heavy (non-hydrogen) atoms. The van der Waals surface area contributed by atoms with Crippen molar-refractivity contribution < 1.29 is 4.42 Å². The molecule has 1 aromatic carbocycles. The Morgan fingerprint density at radius 1 is 1.30 bits per heavy atom. The molecule has 4 rings (SSSR count). The van der Waals surface area contributed by atoms with Crippen molar-refractivity contribution in [2.75, 3.05) is 6.54 Å². The minimum Gasteiger partial charge on any atom is -0.425 e. The van der Waals surface area contributed by atoms with Gasteiger partial charge in [-0.3, -0.25) is 4.90 Å². The number of benzene rings is 1. The van der Waals surface area contributed by atoms with Crippen LogP contribution in [0.2, 0.25) is 0 Å². The van der Waals surface area contributed by atoms with E-state index in [1.165, 1.54) is 22.9 Å². The number of hydrogen-bond acceptors (Lipinski definition) is 4. The number of aromatic nitrogens is 3. The number of fused-ring (bicyclic) bond motifs is 1. The van der Waals surface area contributed by atoms with Gasteiger partial charge in [0.1, 0.15) is 0 Å². The third kappa shape index (κ3) is 2.65. The van der Waals surface area contributed by atoms with Crippen molar-refractivity contribution >= 4 is 10.9 Å². The number of piperidine rings is 1. The van der Waals surface area contributed by atoms with Crippen LogP contribution in [0.15, 0.2) is 34.9 Å². The maximum absolute atomic E-state index is 5.70. The largest absolute Gasteiger partial charge is 0.425 e. The van der Waals surface area contributed by atoms with Gasteiger partial charge in [-0.15, -0.1) is 10.2 Å². The summed E-state index contributed by atoms with van der Waals surface area (Å²) in [5.74, 6) is 1.77. The fraction of sp³-hybridized carbons (Fsp3) is 0.444. The number of aromatic amines is 1. The molecule has 1 aliphatic rings. The Balaban J connectivity index is 1.58. The van der Waals surface area contributed by atoms with Crippen LogP contribution in [-0.4, -0.2) is 32.7 Å². The monoisotopic (exact) mass is 310 g/mol. The molecule has 2 aromatic heterocycles. The quantitative estimate of drug-likeness (QED) is 0.802. The number of likely N-dealkylation sites (tertiary alicyclic amines) is 1. The van der Waals surface area contributed by atoms with Gasteiger partial charge in [-0.1, -0.05) is 12.1 Å². The molecule has 2 atom stereocenters. The van der Waals surface area contributed by atoms with Crippen molar-refractivity contribution in [1.29, 1.82) is 0 Å². The molecule has 3 heterocycles. The van der Waals surface area contributed by atoms with Crippen LogP contribution < -0.4 is 0 Å². The summed E-state index contributed by atoms with van der Waals surface area (Å²) in [6.07, 6.45) is 4.30. The molecule has 1 fully saturated rings. The van der Waals surface area contributed by atoms with Gasteiger partial charge in [0.25, 0.3) is 0 Å². The van der Waals surface area contributed by atoms with E-state index in [9.17, 15) is 0 Å². The molecule has 3 aromatic rings. The zero-order valence-electron chi connectivity index (χ0n) is 13.6. The molecule has 1 N–H and O–H groups in total. The molecule has 0 radical (unpaired) electrons. The van der Waals surface area contributed by atoms with E-state index in [-0.39, 0.29) is 0 Å². The molecule has 1 aliphatic heterocycles. The van der Waals surface area contributed by atoms with E-state index in [0.717, 1.165) is 25.4 Å². The van der Waals surface area contributed by atoms with Gasteiger partial charge in [0.15, 0.2) is 0 Å². The second kappa shape index (κ2) is 5.81. The number of aryl methyl sites for hydroxylation is 1. The average molecular weight is 310 g/mol. The summed E-state index contributed by atoms with van der Waals surface area (Å²) < 4.78 is 5.70. The van der Waals surface area contributed by atoms with Gasteiger partial charge in [0, 0.05) is 36.6 Å². The predicted molar refractivity (Wildman–Crippen MR) is 89.2 cm³/mol. The first-order valence-electron chi connectivity index (χ1n) is 8.31. The Morgan fingerprint density at radius 2 is 2.22 bits per heavy atom. The summed E-state index contributed by atoms with van der Waals surface area (Å²) in [5.41, 5.74) is 2.58. The highest BCUT2D eigenvalue weighted by Gasteiger charge is 2.32. The number of rotatable bonds is 3. The minimum absolute atomic E-state index is 0.329. The van der Waals surface area contributed by atoms with Crippen LogP contribution in [0.1, 0.15) is 43.0 Å². The lowest BCUT2D eigenvalue weighted by Gasteiger charge is -2.38. The summed E-state index contributed by atoms with van der Waals surface area (Å²) in [6, 6.07) is 9.05. The second-order valence-corrected chi connectivity index (χ2v) is 6.48. The molecule has 0 aliphatic carbocycles. The lowest BCUT2D eigenvalue weighted by Crippen LogP contribution is -2.41. The third-order valence-electron chi connectivity index (χ3n) is 5.04. The Labute approximate surface area is 135 Å². The Morgan fingerprint density at radius 3 is 3.04 bits per heavy atom. The van der Waals surface area contributed by atoms with E-state index >= 15 is 0 Å². The van der Waals surface area contributed by atoms with Crippen molar-refractivity contribution in [2.45, 2.75) is 45.2 Å². The maximum Gasteiger partial charge on any atom is 0.221 e. The lowest BCUT2D eigenvalue weighted by atomic mass is 9.89. The van der Waals surface area contributed by atoms with Crippen LogP contribution in [0.4, 0.5) is 0 Å². The van der Waals surface area contributed by atoms with Crippen molar-refractivity contribution in [1.82, 2.24) is 20.1 Å². The molecule has 0 unspecified atom stereocenters. The van der Waals surface area contributed by atoms with Crippen LogP contribution in [0.3, 0.4) is 0 Å². The van der Waals surface area contributed by atoms with Crippen molar-refractivity contribution in [3.8, 4) is 0 Å². The van der Waals surface area contributed by atoms with Crippen LogP contribution in [0.5, 0.6) is 0 Å². The number of hydrogen-bond donors (Lipinski definition) is 1. The number of H-pyrrole nitrogens is 1. The first-order chi connectivity index (χ1) is 11.2. The van der Waals surface area contributed by atoms with E-state index < -0.39 is 0 Å². The van der Waals surface area contributed by atoms with Crippen LogP contribution in [-0.2, 0) is 6.54 Å². The van der Waals surface area contributed by atoms with Crippen LogP contribution in [0, 0.1) is 6.92 Å². The van der Waals surface area contributed by atoms with Crippen molar-refractivity contribution in [3.63, 3.8) is 0 Å². The molecule has 0 saturated carbocycles. The zero-order chi connectivity index (χ0) is 15.8. The van der Waals surface area contributed by atoms with Gasteiger partial charge in [0.2, 0.25) is 11.8 Å². The fourth-order valence-corrected chi connectivity index (χ4v) is 3.74. The minimum atomic E-state index is 0.329. The topological polar surface area (TPSA) is 58.0 Å². The van der Waals surface area contributed by atoms with Gasteiger partial charge in [0.05, 0.1) is 5.92 Å². The molecule has 5 nitrogen and oxygen atoms in total. The average Bonchev–Trinajstić information content (AvgIpc) is 3.18. The highest BCUT2D eigenvalue weighted by atomic mass is 16.4. The summed E-state index contributed by atoms with van der Waals surface area (Å²) >= 11 is 0. The summed E-state index contributed by atoms with van der Waals surface area (Å²) in [6.45, 7) is 6.21. The van der Waals surface area contributed by atoms with Gasteiger partial charge >= 0.3 is 0 Å². The Bertz CT molecular complexity index is 806. The van der Waals surface area contributed by atoms with E-state index in [1.807, 2.05) is 13.1 Å². The highest BCUT2D eigenvalue weighted by molar-refractivity contribution is 5.82. The van der Waals surface area contributed by atoms with Crippen molar-refractivity contribution in [2.24, 2.45) is 0 Å². The summed E-state index contributed by atoms with van der Waals surface area (Å²) in [5, 5.41) is 9.57. The van der Waals surface area contributed by atoms with Crippen LogP contribution >= 0.6 is 0 Å². The van der Waals surface area contributed by atoms with E-state index in [4.69, 9.17) is 4.42 Å². The Kier molecular flexibility index (Phi) is 3.65. The Hall–Kier alpha value is -2.14. The van der Waals surface area contributed by atoms with Gasteiger partial charge in [-0.2, -0.15) is 0 Å². The molecule has 5 heteroatoms. The van der Waals surface area contributed by atoms with E-state index in [0.29, 0.717) is 17.9 Å². The zero-order valence-corrected chi connectivity index (χ0v) is 13.6. The lowest BCUT2D eigenvalue weighted by molar-refractivity contribution is 0.119. The standard InChI is InChI=1S/C18H22N4O/c1-12-15(18-21-20-13(2)23-18)6-4-10-22(12)11-14-5-3-7-17-16(14)8-9-19-17/h3,5,7-9,12,15,19H,4,6,10-11H2,1-2H3/t12-,15-/m0/s1. The molecule has 0 spiro atoms. The summed E-state index contributed by atoms with van der Waals surface area (Å²) in [7, 11) is 0. The fourth-order valence-electron chi connectivity index (χ4n) is 3.74. The molecule has 1 saturated heterocycles. The normalized spacial score (nSPS) is 22.7. The highest BCUT2D eigenvalue weighted by Crippen LogP contribution is 2.33. The first-order valence-corrected chi connectivity index (χ1v) is 8.31. The van der Waals surface area contributed by atoms with Gasteiger partial charge in [-0.25, -0.2) is 0 Å². The SMILES string of the molecule is Cc1nnc([C@H]2CCCN(Cc3cccc4[nH]ccc34)[C@H]2C)o1. The van der Waals surface area contributed by atoms with Gasteiger partial charge < -0.3 is 9.40 Å². The van der Waals surface area contributed by atoms with Crippen molar-refractivity contribution in [3.05, 3.63) is 47.8 Å². The van der Waals surface area contributed by atoms with Gasteiger partial charge in [-0.05, 0) is 44.0 Å².